The molecule has 1 saturated carbocycles. The van der Waals surface area contributed by atoms with Gasteiger partial charge in [0.15, 0.2) is 0 Å². The lowest BCUT2D eigenvalue weighted by atomic mass is 10.3. The molecule has 1 aliphatic rings. The smallest absolute Gasteiger partial charge is 0.279 e. The Morgan fingerprint density at radius 2 is 2.00 bits per heavy atom. The molecule has 1 aliphatic carbocycles. The average molecular weight is 263 g/mol. The molecule has 0 aromatic rings. The van der Waals surface area contributed by atoms with Gasteiger partial charge in [-0.25, -0.2) is 4.72 Å². The summed E-state index contributed by atoms with van der Waals surface area (Å²) in [5.74, 6) is 0.570. The van der Waals surface area contributed by atoms with Crippen molar-refractivity contribution in [3.8, 4) is 0 Å². The zero-order valence-corrected chi connectivity index (χ0v) is 11.9. The highest BCUT2D eigenvalue weighted by Crippen LogP contribution is 2.27. The second kappa shape index (κ2) is 6.68. The van der Waals surface area contributed by atoms with Crippen molar-refractivity contribution in [3.05, 3.63) is 0 Å². The normalized spacial score (nSPS) is 17.0. The number of nitrogens with zero attached hydrogens (tertiary/aromatic N) is 1. The molecule has 0 aromatic heterocycles. The molecule has 0 radical (unpaired) electrons. The predicted molar refractivity (Wildman–Crippen MR) is 70.0 cm³/mol. The van der Waals surface area contributed by atoms with Crippen molar-refractivity contribution in [3.63, 3.8) is 0 Å². The van der Waals surface area contributed by atoms with Gasteiger partial charge in [-0.3, -0.25) is 0 Å². The van der Waals surface area contributed by atoms with Crippen molar-refractivity contribution in [1.29, 1.82) is 0 Å². The molecule has 17 heavy (non-hydrogen) atoms. The maximum Gasteiger partial charge on any atom is 0.279 e. The minimum Gasteiger partial charge on any atom is -0.314 e. The van der Waals surface area contributed by atoms with Crippen LogP contribution >= 0.6 is 0 Å². The summed E-state index contributed by atoms with van der Waals surface area (Å²) >= 11 is 0. The first-order chi connectivity index (χ1) is 7.92. The van der Waals surface area contributed by atoms with E-state index in [-0.39, 0.29) is 0 Å². The number of rotatable bonds is 9. The van der Waals surface area contributed by atoms with E-state index in [1.165, 1.54) is 4.31 Å². The first-order valence-electron chi connectivity index (χ1n) is 6.36. The van der Waals surface area contributed by atoms with Crippen LogP contribution in [0.25, 0.3) is 0 Å². The SMILES string of the molecule is CC(C)NCCCN(C)S(=O)(=O)NCC1CC1. The zero-order valence-electron chi connectivity index (χ0n) is 11.1. The lowest BCUT2D eigenvalue weighted by molar-refractivity contribution is 0.438. The Balaban J connectivity index is 2.17. The van der Waals surface area contributed by atoms with Gasteiger partial charge in [0, 0.05) is 26.2 Å². The van der Waals surface area contributed by atoms with E-state index in [1.807, 2.05) is 0 Å². The van der Waals surface area contributed by atoms with Gasteiger partial charge in [0.25, 0.3) is 10.2 Å². The van der Waals surface area contributed by atoms with Gasteiger partial charge in [-0.15, -0.1) is 0 Å². The van der Waals surface area contributed by atoms with Crippen LogP contribution in [-0.4, -0.2) is 45.4 Å². The van der Waals surface area contributed by atoms with Crippen LogP contribution in [0, 0.1) is 5.92 Å². The summed E-state index contributed by atoms with van der Waals surface area (Å²) < 4.78 is 27.6. The fourth-order valence-electron chi connectivity index (χ4n) is 1.47. The van der Waals surface area contributed by atoms with E-state index >= 15 is 0 Å². The fourth-order valence-corrected chi connectivity index (χ4v) is 2.50. The Morgan fingerprint density at radius 1 is 1.35 bits per heavy atom. The van der Waals surface area contributed by atoms with Crippen molar-refractivity contribution >= 4 is 10.2 Å². The standard InChI is InChI=1S/C11H25N3O2S/c1-10(2)12-7-4-8-14(3)17(15,16)13-9-11-5-6-11/h10-13H,4-9H2,1-3H3. The topological polar surface area (TPSA) is 61.4 Å². The van der Waals surface area contributed by atoms with Gasteiger partial charge in [0.05, 0.1) is 0 Å². The van der Waals surface area contributed by atoms with Crippen molar-refractivity contribution in [2.24, 2.45) is 5.92 Å². The van der Waals surface area contributed by atoms with Gasteiger partial charge in [-0.05, 0) is 31.7 Å². The molecule has 0 bridgehead atoms. The monoisotopic (exact) mass is 263 g/mol. The maximum absolute atomic E-state index is 11.8. The van der Waals surface area contributed by atoms with E-state index < -0.39 is 10.2 Å². The minimum atomic E-state index is -3.26. The molecule has 1 fully saturated rings. The van der Waals surface area contributed by atoms with Crippen LogP contribution in [-0.2, 0) is 10.2 Å². The summed E-state index contributed by atoms with van der Waals surface area (Å²) in [4.78, 5) is 0. The fraction of sp³-hybridized carbons (Fsp3) is 1.00. The van der Waals surface area contributed by atoms with Gasteiger partial charge in [-0.1, -0.05) is 13.8 Å². The zero-order chi connectivity index (χ0) is 12.9. The van der Waals surface area contributed by atoms with Crippen LogP contribution in [0.5, 0.6) is 0 Å². The molecule has 0 aromatic carbocycles. The summed E-state index contributed by atoms with van der Waals surface area (Å²) in [6.07, 6.45) is 3.15. The Morgan fingerprint density at radius 3 is 2.53 bits per heavy atom. The van der Waals surface area contributed by atoms with Crippen LogP contribution in [0.3, 0.4) is 0 Å². The summed E-state index contributed by atoms with van der Waals surface area (Å²) in [6, 6.07) is 0.449. The highest BCUT2D eigenvalue weighted by atomic mass is 32.2. The van der Waals surface area contributed by atoms with Gasteiger partial charge in [0.2, 0.25) is 0 Å². The summed E-state index contributed by atoms with van der Waals surface area (Å²) in [5.41, 5.74) is 0. The molecule has 0 aliphatic heterocycles. The van der Waals surface area contributed by atoms with E-state index in [1.54, 1.807) is 7.05 Å². The van der Waals surface area contributed by atoms with Crippen molar-refractivity contribution in [2.75, 3.05) is 26.7 Å². The molecule has 0 heterocycles. The third kappa shape index (κ3) is 6.35. The molecule has 2 N–H and O–H groups in total. The summed E-state index contributed by atoms with van der Waals surface area (Å²) in [5, 5.41) is 3.27. The van der Waals surface area contributed by atoms with Crippen molar-refractivity contribution in [1.82, 2.24) is 14.3 Å². The van der Waals surface area contributed by atoms with Crippen LogP contribution in [0.15, 0.2) is 0 Å². The molecule has 0 unspecified atom stereocenters. The molecule has 0 saturated heterocycles. The van der Waals surface area contributed by atoms with E-state index in [0.29, 0.717) is 25.0 Å². The average Bonchev–Trinajstić information content (AvgIpc) is 3.04. The molecular weight excluding hydrogens is 238 g/mol. The van der Waals surface area contributed by atoms with E-state index in [4.69, 9.17) is 0 Å². The number of hydrogen-bond acceptors (Lipinski definition) is 3. The second-order valence-corrected chi connectivity index (χ2v) is 6.94. The van der Waals surface area contributed by atoms with Gasteiger partial charge in [0.1, 0.15) is 0 Å². The Kier molecular flexibility index (Phi) is 5.85. The van der Waals surface area contributed by atoms with Gasteiger partial charge >= 0.3 is 0 Å². The molecule has 0 amide bonds. The van der Waals surface area contributed by atoms with Gasteiger partial charge < -0.3 is 5.32 Å². The summed E-state index contributed by atoms with van der Waals surface area (Å²) in [6.45, 7) is 6.16. The lowest BCUT2D eigenvalue weighted by Crippen LogP contribution is -2.40. The second-order valence-electron chi connectivity index (χ2n) is 5.08. The largest absolute Gasteiger partial charge is 0.314 e. The van der Waals surface area contributed by atoms with Crippen molar-refractivity contribution in [2.45, 2.75) is 39.2 Å². The third-order valence-corrected chi connectivity index (χ3v) is 4.40. The van der Waals surface area contributed by atoms with E-state index in [0.717, 1.165) is 25.8 Å². The highest BCUT2D eigenvalue weighted by Gasteiger charge is 2.25. The maximum atomic E-state index is 11.8. The first-order valence-corrected chi connectivity index (χ1v) is 7.80. The van der Waals surface area contributed by atoms with Crippen LogP contribution in [0.2, 0.25) is 0 Å². The van der Waals surface area contributed by atoms with Crippen LogP contribution < -0.4 is 10.0 Å². The predicted octanol–water partition coefficient (Wildman–Crippen LogP) is 0.551. The lowest BCUT2D eigenvalue weighted by Gasteiger charge is -2.18. The third-order valence-electron chi connectivity index (χ3n) is 2.86. The number of hydrogen-bond donors (Lipinski definition) is 2. The minimum absolute atomic E-state index is 0.449. The Hall–Kier alpha value is -0.170. The van der Waals surface area contributed by atoms with Crippen LogP contribution in [0.4, 0.5) is 0 Å². The molecule has 5 nitrogen and oxygen atoms in total. The molecular formula is C11H25N3O2S. The molecule has 1 rings (SSSR count). The van der Waals surface area contributed by atoms with Crippen LogP contribution in [0.1, 0.15) is 33.1 Å². The van der Waals surface area contributed by atoms with Gasteiger partial charge in [-0.2, -0.15) is 12.7 Å². The van der Waals surface area contributed by atoms with Crippen molar-refractivity contribution < 1.29 is 8.42 Å². The quantitative estimate of drug-likeness (QED) is 0.597. The number of nitrogens with one attached hydrogen (secondary N) is 2. The highest BCUT2D eigenvalue weighted by molar-refractivity contribution is 7.87. The first kappa shape index (κ1) is 14.9. The molecule has 0 spiro atoms. The van der Waals surface area contributed by atoms with E-state index in [2.05, 4.69) is 23.9 Å². The Labute approximate surface area is 105 Å². The van der Waals surface area contributed by atoms with E-state index in [9.17, 15) is 8.42 Å². The molecule has 102 valence electrons. The Bertz CT molecular complexity index is 313. The summed E-state index contributed by atoms with van der Waals surface area (Å²) in [7, 11) is -1.63. The molecule has 6 heteroatoms. The molecule has 0 atom stereocenters.